The van der Waals surface area contributed by atoms with Gasteiger partial charge in [-0.25, -0.2) is 8.42 Å². The van der Waals surface area contributed by atoms with E-state index < -0.39 is 10.0 Å². The molecule has 2 heterocycles. The number of hydrogen-bond donors (Lipinski definition) is 0. The Balaban J connectivity index is 1.19. The number of ether oxygens (including phenoxy) is 1. The number of carbonyl (C=O) groups is 1. The average molecular weight is 467 g/mol. The fourth-order valence-corrected chi connectivity index (χ4v) is 5.86. The SMILES string of the molecule is O=C(c1ccc(COc2ccccc2)o1)N1CCN(S(=O)(=O)c2ccc3c(c2)CCC3)CC1. The molecule has 0 radical (unpaired) electrons. The zero-order valence-corrected chi connectivity index (χ0v) is 19.1. The van der Waals surface area contributed by atoms with Crippen molar-refractivity contribution < 1.29 is 22.4 Å². The van der Waals surface area contributed by atoms with E-state index in [1.165, 1.54) is 9.87 Å². The molecule has 0 atom stereocenters. The van der Waals surface area contributed by atoms with Gasteiger partial charge in [-0.1, -0.05) is 24.3 Å². The van der Waals surface area contributed by atoms with Crippen LogP contribution in [-0.4, -0.2) is 49.7 Å². The molecule has 1 aliphatic carbocycles. The van der Waals surface area contributed by atoms with Crippen LogP contribution >= 0.6 is 0 Å². The molecule has 0 spiro atoms. The predicted octanol–water partition coefficient (Wildman–Crippen LogP) is 3.49. The largest absolute Gasteiger partial charge is 0.486 e. The van der Waals surface area contributed by atoms with Gasteiger partial charge in [-0.15, -0.1) is 0 Å². The number of nitrogens with zero attached hydrogens (tertiary/aromatic N) is 2. The number of sulfonamides is 1. The standard InChI is InChI=1S/C25H26N2O5S/c28-25(24-12-10-22(32-24)18-31-21-7-2-1-3-8-21)26-13-15-27(16-14-26)33(29,30)23-11-9-19-5-4-6-20(19)17-23/h1-3,7-12,17H,4-6,13-16,18H2. The van der Waals surface area contributed by atoms with Crippen LogP contribution in [0.15, 0.2) is 70.0 Å². The Kier molecular flexibility index (Phi) is 5.95. The minimum atomic E-state index is -3.57. The van der Waals surface area contributed by atoms with E-state index in [0.717, 1.165) is 30.6 Å². The molecule has 5 rings (SSSR count). The van der Waals surface area contributed by atoms with Crippen LogP contribution in [0, 0.1) is 0 Å². The van der Waals surface area contributed by atoms with Gasteiger partial charge in [0.1, 0.15) is 18.1 Å². The maximum absolute atomic E-state index is 13.1. The maximum Gasteiger partial charge on any atom is 0.289 e. The number of carbonyl (C=O) groups excluding carboxylic acids is 1. The van der Waals surface area contributed by atoms with E-state index >= 15 is 0 Å². The van der Waals surface area contributed by atoms with Gasteiger partial charge in [0, 0.05) is 26.2 Å². The molecule has 172 valence electrons. The summed E-state index contributed by atoms with van der Waals surface area (Å²) in [5, 5.41) is 0. The molecule has 33 heavy (non-hydrogen) atoms. The Hall–Kier alpha value is -3.10. The molecule has 2 aromatic carbocycles. The van der Waals surface area contributed by atoms with Crippen molar-refractivity contribution >= 4 is 15.9 Å². The third-order valence-corrected chi connectivity index (χ3v) is 8.12. The van der Waals surface area contributed by atoms with Crippen molar-refractivity contribution in [3.8, 4) is 5.75 Å². The second-order valence-corrected chi connectivity index (χ2v) is 10.3. The predicted molar refractivity (Wildman–Crippen MR) is 123 cm³/mol. The normalized spacial score (nSPS) is 16.5. The number of hydrogen-bond acceptors (Lipinski definition) is 5. The van der Waals surface area contributed by atoms with Crippen molar-refractivity contribution in [2.24, 2.45) is 0 Å². The van der Waals surface area contributed by atoms with Crippen LogP contribution in [-0.2, 0) is 29.5 Å². The summed E-state index contributed by atoms with van der Waals surface area (Å²) in [5.74, 6) is 1.27. The van der Waals surface area contributed by atoms with E-state index in [9.17, 15) is 13.2 Å². The Morgan fingerprint density at radius 2 is 1.67 bits per heavy atom. The zero-order valence-electron chi connectivity index (χ0n) is 18.3. The highest BCUT2D eigenvalue weighted by Crippen LogP contribution is 2.27. The molecule has 1 aromatic heterocycles. The van der Waals surface area contributed by atoms with Gasteiger partial charge in [-0.2, -0.15) is 4.31 Å². The summed E-state index contributed by atoms with van der Waals surface area (Å²) >= 11 is 0. The summed E-state index contributed by atoms with van der Waals surface area (Å²) in [4.78, 5) is 14.8. The lowest BCUT2D eigenvalue weighted by molar-refractivity contribution is 0.0662. The van der Waals surface area contributed by atoms with Gasteiger partial charge in [-0.3, -0.25) is 4.79 Å². The molecule has 1 fully saturated rings. The third kappa shape index (κ3) is 4.54. The quantitative estimate of drug-likeness (QED) is 0.556. The molecule has 8 heteroatoms. The van der Waals surface area contributed by atoms with Crippen molar-refractivity contribution in [3.63, 3.8) is 0 Å². The Bertz CT molecular complexity index is 1240. The minimum absolute atomic E-state index is 0.226. The first-order valence-electron chi connectivity index (χ1n) is 11.2. The van der Waals surface area contributed by atoms with Crippen molar-refractivity contribution in [3.05, 3.63) is 83.3 Å². The molecular weight excluding hydrogens is 440 g/mol. The van der Waals surface area contributed by atoms with Crippen molar-refractivity contribution in [2.75, 3.05) is 26.2 Å². The van der Waals surface area contributed by atoms with E-state index in [2.05, 4.69) is 0 Å². The van der Waals surface area contributed by atoms with Crippen LogP contribution in [0.25, 0.3) is 0 Å². The fourth-order valence-electron chi connectivity index (χ4n) is 4.39. The molecule has 0 bridgehead atoms. The van der Waals surface area contributed by atoms with Crippen LogP contribution < -0.4 is 4.74 Å². The molecule has 0 unspecified atom stereocenters. The molecule has 0 N–H and O–H groups in total. The number of piperazine rings is 1. The highest BCUT2D eigenvalue weighted by Gasteiger charge is 2.32. The minimum Gasteiger partial charge on any atom is -0.486 e. The first-order valence-corrected chi connectivity index (χ1v) is 12.6. The van der Waals surface area contributed by atoms with Gasteiger partial charge >= 0.3 is 0 Å². The van der Waals surface area contributed by atoms with Crippen LogP contribution in [0.1, 0.15) is 33.9 Å². The number of fused-ring (bicyclic) bond motifs is 1. The van der Waals surface area contributed by atoms with Crippen molar-refractivity contribution in [2.45, 2.75) is 30.8 Å². The molecule has 3 aromatic rings. The number of amides is 1. The number of furan rings is 1. The Labute approximate surface area is 193 Å². The molecule has 0 saturated carbocycles. The second kappa shape index (κ2) is 9.03. The highest BCUT2D eigenvalue weighted by molar-refractivity contribution is 7.89. The lowest BCUT2D eigenvalue weighted by Crippen LogP contribution is -2.50. The highest BCUT2D eigenvalue weighted by atomic mass is 32.2. The topological polar surface area (TPSA) is 80.1 Å². The first-order chi connectivity index (χ1) is 16.0. The molecule has 2 aliphatic rings. The van der Waals surface area contributed by atoms with E-state index in [1.54, 1.807) is 23.1 Å². The number of para-hydroxylation sites is 1. The van der Waals surface area contributed by atoms with Gasteiger partial charge in [0.2, 0.25) is 10.0 Å². The van der Waals surface area contributed by atoms with Gasteiger partial charge in [0.25, 0.3) is 5.91 Å². The van der Waals surface area contributed by atoms with Crippen LogP contribution in [0.5, 0.6) is 5.75 Å². The number of benzene rings is 2. The summed E-state index contributed by atoms with van der Waals surface area (Å²) in [5.41, 5.74) is 2.38. The number of rotatable bonds is 6. The number of aryl methyl sites for hydroxylation is 2. The zero-order chi connectivity index (χ0) is 22.8. The molecule has 7 nitrogen and oxygen atoms in total. The monoisotopic (exact) mass is 466 g/mol. The van der Waals surface area contributed by atoms with Crippen LogP contribution in [0.4, 0.5) is 0 Å². The summed E-state index contributed by atoms with van der Waals surface area (Å²) in [6.45, 7) is 1.38. The maximum atomic E-state index is 13.1. The van der Waals surface area contributed by atoms with E-state index in [0.29, 0.717) is 23.7 Å². The summed E-state index contributed by atoms with van der Waals surface area (Å²) in [6.07, 6.45) is 3.03. The summed E-state index contributed by atoms with van der Waals surface area (Å²) in [6, 6.07) is 18.2. The third-order valence-electron chi connectivity index (χ3n) is 6.23. The van der Waals surface area contributed by atoms with Crippen LogP contribution in [0.2, 0.25) is 0 Å². The average Bonchev–Trinajstić information content (AvgIpc) is 3.52. The van der Waals surface area contributed by atoms with Gasteiger partial charge < -0.3 is 14.1 Å². The van der Waals surface area contributed by atoms with E-state index in [-0.39, 0.29) is 31.4 Å². The van der Waals surface area contributed by atoms with Gasteiger partial charge in [-0.05, 0) is 66.8 Å². The Morgan fingerprint density at radius 1 is 0.909 bits per heavy atom. The molecule has 1 saturated heterocycles. The first kappa shape index (κ1) is 21.7. The molecule has 1 amide bonds. The lowest BCUT2D eigenvalue weighted by Gasteiger charge is -2.33. The van der Waals surface area contributed by atoms with Crippen molar-refractivity contribution in [1.82, 2.24) is 9.21 Å². The lowest BCUT2D eigenvalue weighted by atomic mass is 10.1. The van der Waals surface area contributed by atoms with Gasteiger partial charge in [0.15, 0.2) is 5.76 Å². The van der Waals surface area contributed by atoms with Gasteiger partial charge in [0.05, 0.1) is 4.90 Å². The smallest absolute Gasteiger partial charge is 0.289 e. The van der Waals surface area contributed by atoms with Crippen molar-refractivity contribution in [1.29, 1.82) is 0 Å². The molecular formula is C25H26N2O5S. The van der Waals surface area contributed by atoms with Crippen LogP contribution in [0.3, 0.4) is 0 Å². The Morgan fingerprint density at radius 3 is 2.45 bits per heavy atom. The van der Waals surface area contributed by atoms with E-state index in [4.69, 9.17) is 9.15 Å². The second-order valence-electron chi connectivity index (χ2n) is 8.35. The van der Waals surface area contributed by atoms with E-state index in [1.807, 2.05) is 42.5 Å². The summed E-state index contributed by atoms with van der Waals surface area (Å²) in [7, 11) is -3.57. The summed E-state index contributed by atoms with van der Waals surface area (Å²) < 4.78 is 39.0. The fraction of sp³-hybridized carbons (Fsp3) is 0.320. The molecule has 1 aliphatic heterocycles.